The topological polar surface area (TPSA) is 107 Å². The van der Waals surface area contributed by atoms with Crippen LogP contribution in [0.5, 0.6) is 0 Å². The Morgan fingerprint density at radius 2 is 1.61 bits per heavy atom. The van der Waals surface area contributed by atoms with Crippen LogP contribution in [0.15, 0.2) is 54.9 Å². The lowest BCUT2D eigenvalue weighted by Crippen LogP contribution is -2.44. The number of benzene rings is 2. The Hall–Kier alpha value is -3.19. The molecule has 0 saturated heterocycles. The number of imidazole rings is 1. The van der Waals surface area contributed by atoms with Crippen molar-refractivity contribution in [3.05, 3.63) is 60.4 Å². The second-order valence-corrected chi connectivity index (χ2v) is 5.63. The summed E-state index contributed by atoms with van der Waals surface area (Å²) in [5, 5.41) is 14.5. The van der Waals surface area contributed by atoms with Gasteiger partial charge in [-0.05, 0) is 30.2 Å². The molecule has 3 rings (SSSR count). The van der Waals surface area contributed by atoms with Crippen molar-refractivity contribution in [3.63, 3.8) is 0 Å². The van der Waals surface area contributed by atoms with Crippen molar-refractivity contribution in [1.82, 2.24) is 15.3 Å². The maximum Gasteiger partial charge on any atom is 0.313 e. The molecular weight excluding hydrogens is 392 g/mol. The zero-order chi connectivity index (χ0) is 23.6. The summed E-state index contributed by atoms with van der Waals surface area (Å²) in [6.45, 7) is 11.7. The van der Waals surface area contributed by atoms with Gasteiger partial charge < -0.3 is 20.7 Å². The highest BCUT2D eigenvalue weighted by Crippen LogP contribution is 2.15. The number of aromatic amines is 1. The fraction of sp³-hybridized carbons (Fsp3) is 0.375. The summed E-state index contributed by atoms with van der Waals surface area (Å²) in [5.41, 5.74) is 2.98. The van der Waals surface area contributed by atoms with Crippen molar-refractivity contribution in [2.45, 2.75) is 54.0 Å². The SMILES string of the molecule is CC.CC.CC.O=C(Nc1ccc2nc[nH]c2c1)C(=O)NC(CO)Cc1ccccc1. The van der Waals surface area contributed by atoms with Crippen LogP contribution in [0.1, 0.15) is 47.1 Å². The number of aliphatic hydroxyl groups excluding tert-OH is 1. The Morgan fingerprint density at radius 1 is 0.968 bits per heavy atom. The Morgan fingerprint density at radius 3 is 2.23 bits per heavy atom. The first-order chi connectivity index (χ1) is 15.2. The van der Waals surface area contributed by atoms with Gasteiger partial charge in [0.1, 0.15) is 0 Å². The van der Waals surface area contributed by atoms with E-state index in [2.05, 4.69) is 20.6 Å². The standard InChI is InChI=1S/C18H18N4O3.3C2H6/c23-10-14(8-12-4-2-1-3-5-12)22-18(25)17(24)21-13-6-7-15-16(9-13)20-11-19-15;3*1-2/h1-7,9,11,14,23H,8,10H2,(H,19,20)(H,21,24)(H,22,25);3*1-2H3. The van der Waals surface area contributed by atoms with Crippen molar-refractivity contribution in [2.24, 2.45) is 0 Å². The molecular formula is C24H36N4O3. The number of nitrogens with one attached hydrogen (secondary N) is 3. The van der Waals surface area contributed by atoms with Crippen molar-refractivity contribution in [3.8, 4) is 0 Å². The molecule has 3 aromatic rings. The largest absolute Gasteiger partial charge is 0.394 e. The lowest BCUT2D eigenvalue weighted by atomic mass is 10.1. The lowest BCUT2D eigenvalue weighted by molar-refractivity contribution is -0.136. The van der Waals surface area contributed by atoms with Gasteiger partial charge in [-0.25, -0.2) is 4.98 Å². The highest BCUT2D eigenvalue weighted by Gasteiger charge is 2.19. The molecule has 0 radical (unpaired) electrons. The van der Waals surface area contributed by atoms with E-state index in [1.807, 2.05) is 71.9 Å². The smallest absolute Gasteiger partial charge is 0.313 e. The number of carbonyl (C=O) groups excluding carboxylic acids is 2. The first-order valence-electron chi connectivity index (χ1n) is 10.9. The minimum atomic E-state index is -0.792. The molecule has 7 heteroatoms. The minimum absolute atomic E-state index is 0.256. The average molecular weight is 429 g/mol. The Kier molecular flexibility index (Phi) is 14.9. The lowest BCUT2D eigenvalue weighted by Gasteiger charge is -2.16. The number of nitrogens with zero attached hydrogens (tertiary/aromatic N) is 1. The molecule has 1 heterocycles. The average Bonchev–Trinajstić information content (AvgIpc) is 3.31. The van der Waals surface area contributed by atoms with E-state index in [1.165, 1.54) is 0 Å². The molecule has 1 atom stereocenters. The van der Waals surface area contributed by atoms with Crippen LogP contribution in [-0.4, -0.2) is 39.5 Å². The molecule has 4 N–H and O–H groups in total. The quantitative estimate of drug-likeness (QED) is 0.455. The summed E-state index contributed by atoms with van der Waals surface area (Å²) in [4.78, 5) is 31.2. The molecule has 31 heavy (non-hydrogen) atoms. The van der Waals surface area contributed by atoms with Gasteiger partial charge in [-0.2, -0.15) is 0 Å². The number of hydrogen-bond acceptors (Lipinski definition) is 4. The van der Waals surface area contributed by atoms with E-state index in [0.717, 1.165) is 16.6 Å². The van der Waals surface area contributed by atoms with Crippen molar-refractivity contribution < 1.29 is 14.7 Å². The highest BCUT2D eigenvalue weighted by atomic mass is 16.3. The number of hydrogen-bond donors (Lipinski definition) is 4. The number of rotatable bonds is 5. The van der Waals surface area contributed by atoms with E-state index < -0.39 is 17.9 Å². The number of amides is 2. The van der Waals surface area contributed by atoms with Gasteiger partial charge in [-0.1, -0.05) is 71.9 Å². The molecule has 7 nitrogen and oxygen atoms in total. The van der Waals surface area contributed by atoms with Gasteiger partial charge in [0.15, 0.2) is 0 Å². The Bertz CT molecular complexity index is 879. The van der Waals surface area contributed by atoms with Crippen LogP contribution >= 0.6 is 0 Å². The number of fused-ring (bicyclic) bond motifs is 1. The molecule has 2 amide bonds. The molecule has 0 aliphatic rings. The van der Waals surface area contributed by atoms with Gasteiger partial charge >= 0.3 is 11.8 Å². The summed E-state index contributed by atoms with van der Waals surface area (Å²) in [6, 6.07) is 14.0. The van der Waals surface area contributed by atoms with E-state index in [1.54, 1.807) is 24.5 Å². The summed E-state index contributed by atoms with van der Waals surface area (Å²) in [7, 11) is 0. The molecule has 0 spiro atoms. The third-order valence-corrected chi connectivity index (χ3v) is 3.76. The zero-order valence-electron chi connectivity index (χ0n) is 19.4. The van der Waals surface area contributed by atoms with Gasteiger partial charge in [0.25, 0.3) is 0 Å². The molecule has 0 saturated carbocycles. The van der Waals surface area contributed by atoms with E-state index in [0.29, 0.717) is 12.1 Å². The van der Waals surface area contributed by atoms with Crippen LogP contribution in [-0.2, 0) is 16.0 Å². The van der Waals surface area contributed by atoms with Crippen LogP contribution in [0.25, 0.3) is 11.0 Å². The van der Waals surface area contributed by atoms with Crippen LogP contribution in [0.3, 0.4) is 0 Å². The molecule has 0 fully saturated rings. The third kappa shape index (κ3) is 9.44. The van der Waals surface area contributed by atoms with Crippen LogP contribution < -0.4 is 10.6 Å². The number of H-pyrrole nitrogens is 1. The number of aromatic nitrogens is 2. The number of aliphatic hydroxyl groups is 1. The van der Waals surface area contributed by atoms with E-state index in [-0.39, 0.29) is 6.61 Å². The minimum Gasteiger partial charge on any atom is -0.394 e. The molecule has 1 unspecified atom stereocenters. The Labute approximate surface area is 185 Å². The second-order valence-electron chi connectivity index (χ2n) is 5.63. The maximum atomic E-state index is 12.1. The van der Waals surface area contributed by atoms with Gasteiger partial charge in [-0.15, -0.1) is 0 Å². The van der Waals surface area contributed by atoms with Gasteiger partial charge in [0.2, 0.25) is 0 Å². The van der Waals surface area contributed by atoms with Crippen LogP contribution in [0, 0.1) is 0 Å². The Balaban J connectivity index is 0.00000138. The molecule has 0 bridgehead atoms. The van der Waals surface area contributed by atoms with Gasteiger partial charge in [0.05, 0.1) is 30.0 Å². The fourth-order valence-corrected chi connectivity index (χ4v) is 2.51. The van der Waals surface area contributed by atoms with Crippen molar-refractivity contribution in [1.29, 1.82) is 0 Å². The second kappa shape index (κ2) is 16.6. The summed E-state index contributed by atoms with van der Waals surface area (Å²) in [6.07, 6.45) is 1.99. The van der Waals surface area contributed by atoms with E-state index in [4.69, 9.17) is 0 Å². The predicted octanol–water partition coefficient (Wildman–Crippen LogP) is 4.30. The van der Waals surface area contributed by atoms with Crippen LogP contribution in [0.2, 0.25) is 0 Å². The number of carbonyl (C=O) groups is 2. The normalized spacial score (nSPS) is 10.2. The van der Waals surface area contributed by atoms with E-state index >= 15 is 0 Å². The van der Waals surface area contributed by atoms with Gasteiger partial charge in [0, 0.05) is 5.69 Å². The van der Waals surface area contributed by atoms with Crippen LogP contribution in [0.4, 0.5) is 5.69 Å². The zero-order valence-corrected chi connectivity index (χ0v) is 19.4. The van der Waals surface area contributed by atoms with Gasteiger partial charge in [-0.3, -0.25) is 9.59 Å². The highest BCUT2D eigenvalue weighted by molar-refractivity contribution is 6.39. The predicted molar refractivity (Wildman–Crippen MR) is 128 cm³/mol. The summed E-state index contributed by atoms with van der Waals surface area (Å²) in [5.74, 6) is -1.58. The first kappa shape index (κ1) is 27.8. The molecule has 0 aliphatic carbocycles. The summed E-state index contributed by atoms with van der Waals surface area (Å²) >= 11 is 0. The maximum absolute atomic E-state index is 12.1. The number of anilines is 1. The van der Waals surface area contributed by atoms with Crippen molar-refractivity contribution >= 4 is 28.5 Å². The molecule has 170 valence electrons. The molecule has 2 aromatic carbocycles. The third-order valence-electron chi connectivity index (χ3n) is 3.76. The van der Waals surface area contributed by atoms with Crippen molar-refractivity contribution in [2.75, 3.05) is 11.9 Å². The fourth-order valence-electron chi connectivity index (χ4n) is 2.51. The molecule has 1 aromatic heterocycles. The summed E-state index contributed by atoms with van der Waals surface area (Å²) < 4.78 is 0. The first-order valence-corrected chi connectivity index (χ1v) is 10.9. The monoisotopic (exact) mass is 428 g/mol. The van der Waals surface area contributed by atoms with E-state index in [9.17, 15) is 14.7 Å². The molecule has 0 aliphatic heterocycles.